The third-order valence-electron chi connectivity index (χ3n) is 3.20. The summed E-state index contributed by atoms with van der Waals surface area (Å²) in [7, 11) is 0. The molecule has 2 atom stereocenters. The Bertz CT molecular complexity index is 208. The lowest BCUT2D eigenvalue weighted by molar-refractivity contribution is 0.462. The molecule has 0 saturated heterocycles. The number of allylic oxidation sites excluding steroid dienone is 4. The van der Waals surface area contributed by atoms with E-state index < -0.39 is 0 Å². The van der Waals surface area contributed by atoms with E-state index in [1.807, 2.05) is 0 Å². The van der Waals surface area contributed by atoms with Gasteiger partial charge in [-0.25, -0.2) is 0 Å². The van der Waals surface area contributed by atoms with Gasteiger partial charge in [-0.05, 0) is 36.2 Å². The molecule has 0 amide bonds. The van der Waals surface area contributed by atoms with Gasteiger partial charge in [0.1, 0.15) is 0 Å². The van der Waals surface area contributed by atoms with Crippen LogP contribution in [-0.2, 0) is 0 Å². The third kappa shape index (κ3) is 2.72. The molecule has 0 heteroatoms. The van der Waals surface area contributed by atoms with Crippen molar-refractivity contribution in [3.63, 3.8) is 0 Å². The molecule has 0 radical (unpaired) electrons. The first-order chi connectivity index (χ1) is 6.15. The van der Waals surface area contributed by atoms with Crippen LogP contribution in [-0.4, -0.2) is 0 Å². The zero-order valence-corrected chi connectivity index (χ0v) is 9.38. The summed E-state index contributed by atoms with van der Waals surface area (Å²) in [6.45, 7) is 9.17. The summed E-state index contributed by atoms with van der Waals surface area (Å²) in [4.78, 5) is 0. The van der Waals surface area contributed by atoms with Crippen LogP contribution in [0, 0.1) is 17.8 Å². The summed E-state index contributed by atoms with van der Waals surface area (Å²) in [5.74, 6) is 2.29. The van der Waals surface area contributed by atoms with Gasteiger partial charge in [0.25, 0.3) is 0 Å². The van der Waals surface area contributed by atoms with Crippen LogP contribution in [0.3, 0.4) is 0 Å². The van der Waals surface area contributed by atoms with Gasteiger partial charge < -0.3 is 0 Å². The molecule has 0 fully saturated rings. The molecule has 0 nitrogen and oxygen atoms in total. The highest BCUT2D eigenvalue weighted by Gasteiger charge is 2.14. The van der Waals surface area contributed by atoms with Crippen molar-refractivity contribution in [1.82, 2.24) is 0 Å². The first-order valence-corrected chi connectivity index (χ1v) is 5.53. The Morgan fingerprint density at radius 2 is 2.08 bits per heavy atom. The predicted octanol–water partition coefficient (Wildman–Crippen LogP) is 4.19. The monoisotopic (exact) mass is 178 g/mol. The molecule has 0 aromatic carbocycles. The first kappa shape index (κ1) is 10.6. The summed E-state index contributed by atoms with van der Waals surface area (Å²) in [5, 5.41) is 0. The molecular weight excluding hydrogens is 156 g/mol. The summed E-state index contributed by atoms with van der Waals surface area (Å²) in [6.07, 6.45) is 9.66. The van der Waals surface area contributed by atoms with Gasteiger partial charge in [-0.3, -0.25) is 0 Å². The van der Waals surface area contributed by atoms with Crippen LogP contribution in [0.15, 0.2) is 23.8 Å². The molecule has 1 rings (SSSR count). The van der Waals surface area contributed by atoms with E-state index in [4.69, 9.17) is 0 Å². The van der Waals surface area contributed by atoms with Gasteiger partial charge in [0.15, 0.2) is 0 Å². The lowest BCUT2D eigenvalue weighted by Crippen LogP contribution is -2.09. The third-order valence-corrected chi connectivity index (χ3v) is 3.20. The van der Waals surface area contributed by atoms with Crippen LogP contribution < -0.4 is 0 Å². The SMILES string of the molecule is CCC(C)C1=CCC(C(C)C)C=C1. The minimum atomic E-state index is 0.740. The quantitative estimate of drug-likeness (QED) is 0.608. The maximum absolute atomic E-state index is 2.43. The molecule has 0 saturated carbocycles. The Kier molecular flexibility index (Phi) is 3.77. The lowest BCUT2D eigenvalue weighted by atomic mass is 9.84. The van der Waals surface area contributed by atoms with Gasteiger partial charge in [-0.2, -0.15) is 0 Å². The van der Waals surface area contributed by atoms with Crippen LogP contribution >= 0.6 is 0 Å². The predicted molar refractivity (Wildman–Crippen MR) is 59.6 cm³/mol. The second-order valence-corrected chi connectivity index (χ2v) is 4.52. The van der Waals surface area contributed by atoms with Gasteiger partial charge in [-0.15, -0.1) is 0 Å². The van der Waals surface area contributed by atoms with Crippen LogP contribution in [0.25, 0.3) is 0 Å². The maximum atomic E-state index is 2.43. The summed E-state index contributed by atoms with van der Waals surface area (Å²) in [6, 6.07) is 0. The Morgan fingerprint density at radius 3 is 2.46 bits per heavy atom. The molecule has 0 bridgehead atoms. The van der Waals surface area contributed by atoms with Crippen LogP contribution in [0.2, 0.25) is 0 Å². The second kappa shape index (κ2) is 4.64. The standard InChI is InChI=1S/C13H22/c1-5-11(4)13-8-6-12(7-9-13)10(2)3/h6,8-12H,5,7H2,1-4H3. The molecule has 74 valence electrons. The number of hydrogen-bond donors (Lipinski definition) is 0. The van der Waals surface area contributed by atoms with Crippen molar-refractivity contribution in [2.45, 2.75) is 40.5 Å². The number of rotatable bonds is 3. The van der Waals surface area contributed by atoms with E-state index in [9.17, 15) is 0 Å². The fourth-order valence-electron chi connectivity index (χ4n) is 1.75. The van der Waals surface area contributed by atoms with Crippen molar-refractivity contribution >= 4 is 0 Å². The van der Waals surface area contributed by atoms with Crippen molar-refractivity contribution in [3.8, 4) is 0 Å². The minimum absolute atomic E-state index is 0.740. The van der Waals surface area contributed by atoms with Gasteiger partial charge >= 0.3 is 0 Å². The van der Waals surface area contributed by atoms with E-state index in [1.165, 1.54) is 12.8 Å². The average Bonchev–Trinajstić information content (AvgIpc) is 2.17. The molecule has 0 aromatic heterocycles. The Balaban J connectivity index is 2.54. The Morgan fingerprint density at radius 1 is 1.38 bits per heavy atom. The fraction of sp³-hybridized carbons (Fsp3) is 0.692. The maximum Gasteiger partial charge on any atom is -0.0172 e. The highest BCUT2D eigenvalue weighted by Crippen LogP contribution is 2.27. The van der Waals surface area contributed by atoms with Gasteiger partial charge in [0.05, 0.1) is 0 Å². The molecular formula is C13H22. The highest BCUT2D eigenvalue weighted by molar-refractivity contribution is 5.25. The summed E-state index contributed by atoms with van der Waals surface area (Å²) in [5.41, 5.74) is 1.54. The van der Waals surface area contributed by atoms with Crippen molar-refractivity contribution in [1.29, 1.82) is 0 Å². The van der Waals surface area contributed by atoms with Crippen molar-refractivity contribution in [3.05, 3.63) is 23.8 Å². The van der Waals surface area contributed by atoms with E-state index >= 15 is 0 Å². The van der Waals surface area contributed by atoms with Gasteiger partial charge in [-0.1, -0.05) is 45.9 Å². The van der Waals surface area contributed by atoms with Crippen molar-refractivity contribution in [2.24, 2.45) is 17.8 Å². The van der Waals surface area contributed by atoms with E-state index in [-0.39, 0.29) is 0 Å². The number of hydrogen-bond acceptors (Lipinski definition) is 0. The Labute approximate surface area is 82.7 Å². The summed E-state index contributed by atoms with van der Waals surface area (Å²) < 4.78 is 0. The second-order valence-electron chi connectivity index (χ2n) is 4.52. The molecule has 1 aliphatic rings. The van der Waals surface area contributed by atoms with Gasteiger partial charge in [0, 0.05) is 0 Å². The zero-order valence-electron chi connectivity index (χ0n) is 9.38. The largest absolute Gasteiger partial charge is 0.0806 e. The highest BCUT2D eigenvalue weighted by atomic mass is 14.2. The van der Waals surface area contributed by atoms with Crippen LogP contribution in [0.4, 0.5) is 0 Å². The zero-order chi connectivity index (χ0) is 9.84. The Hall–Kier alpha value is -0.520. The molecule has 2 unspecified atom stereocenters. The minimum Gasteiger partial charge on any atom is -0.0806 e. The average molecular weight is 178 g/mol. The van der Waals surface area contributed by atoms with Crippen molar-refractivity contribution in [2.75, 3.05) is 0 Å². The van der Waals surface area contributed by atoms with Gasteiger partial charge in [0.2, 0.25) is 0 Å². The molecule has 0 heterocycles. The molecule has 0 N–H and O–H groups in total. The van der Waals surface area contributed by atoms with Crippen LogP contribution in [0.5, 0.6) is 0 Å². The molecule has 0 spiro atoms. The molecule has 1 aliphatic carbocycles. The molecule has 13 heavy (non-hydrogen) atoms. The molecule has 0 aliphatic heterocycles. The fourth-order valence-corrected chi connectivity index (χ4v) is 1.75. The first-order valence-electron chi connectivity index (χ1n) is 5.53. The van der Waals surface area contributed by atoms with E-state index in [1.54, 1.807) is 5.57 Å². The summed E-state index contributed by atoms with van der Waals surface area (Å²) >= 11 is 0. The lowest BCUT2D eigenvalue weighted by Gasteiger charge is -2.21. The normalized spacial score (nSPS) is 24.7. The van der Waals surface area contributed by atoms with E-state index in [2.05, 4.69) is 45.9 Å². The van der Waals surface area contributed by atoms with E-state index in [0.717, 1.165) is 17.8 Å². The smallest absolute Gasteiger partial charge is 0.0172 e. The van der Waals surface area contributed by atoms with E-state index in [0.29, 0.717) is 0 Å². The van der Waals surface area contributed by atoms with Crippen molar-refractivity contribution < 1.29 is 0 Å². The van der Waals surface area contributed by atoms with Crippen LogP contribution in [0.1, 0.15) is 40.5 Å². The molecule has 0 aromatic rings. The topological polar surface area (TPSA) is 0 Å².